The molecule has 0 saturated carbocycles. The molecule has 2 aromatic carbocycles. The number of carbonyl (C=O) groups is 1. The summed E-state index contributed by atoms with van der Waals surface area (Å²) >= 11 is 0. The highest BCUT2D eigenvalue weighted by atomic mass is 16.4. The summed E-state index contributed by atoms with van der Waals surface area (Å²) in [5.74, 6) is -0.769. The minimum absolute atomic E-state index is 0.164. The lowest BCUT2D eigenvalue weighted by atomic mass is 10.0. The number of aromatic hydroxyl groups is 1. The second kappa shape index (κ2) is 5.87. The first-order valence-corrected chi connectivity index (χ1v) is 5.92. The second-order valence-corrected chi connectivity index (χ2v) is 4.23. The van der Waals surface area contributed by atoms with Crippen molar-refractivity contribution >= 4 is 12.0 Å². The van der Waals surface area contributed by atoms with Gasteiger partial charge in [-0.1, -0.05) is 42.5 Å². The van der Waals surface area contributed by atoms with E-state index in [1.54, 1.807) is 18.2 Å². The Balaban J connectivity index is 2.25. The fraction of sp³-hybridized carbons (Fsp3) is 0.0625. The Bertz CT molecular complexity index is 583. The van der Waals surface area contributed by atoms with Gasteiger partial charge in [0.2, 0.25) is 0 Å². The Morgan fingerprint density at radius 2 is 1.63 bits per heavy atom. The van der Waals surface area contributed by atoms with E-state index in [-0.39, 0.29) is 5.75 Å². The summed E-state index contributed by atoms with van der Waals surface area (Å²) in [5, 5.41) is 18.4. The molecule has 0 amide bonds. The van der Waals surface area contributed by atoms with E-state index in [1.807, 2.05) is 30.3 Å². The van der Waals surface area contributed by atoms with Gasteiger partial charge in [-0.3, -0.25) is 0 Å². The van der Waals surface area contributed by atoms with Crippen LogP contribution in [0.3, 0.4) is 0 Å². The molecule has 0 bridgehead atoms. The predicted octanol–water partition coefficient (Wildman–Crippen LogP) is 3.10. The average Bonchev–Trinajstić information content (AvgIpc) is 2.41. The number of aliphatic carboxylic acids is 1. The van der Waals surface area contributed by atoms with Gasteiger partial charge in [0.15, 0.2) is 0 Å². The first-order valence-electron chi connectivity index (χ1n) is 5.92. The van der Waals surface area contributed by atoms with Gasteiger partial charge in [0.25, 0.3) is 0 Å². The lowest BCUT2D eigenvalue weighted by Gasteiger charge is -2.03. The number of rotatable bonds is 4. The van der Waals surface area contributed by atoms with Crippen molar-refractivity contribution in [3.63, 3.8) is 0 Å². The van der Waals surface area contributed by atoms with Crippen LogP contribution in [-0.4, -0.2) is 16.2 Å². The third kappa shape index (κ3) is 3.71. The van der Waals surface area contributed by atoms with E-state index in [1.165, 1.54) is 12.1 Å². The highest BCUT2D eigenvalue weighted by Gasteiger charge is 2.08. The monoisotopic (exact) mass is 254 g/mol. The van der Waals surface area contributed by atoms with Crippen LogP contribution < -0.4 is 0 Å². The maximum absolute atomic E-state index is 11.3. The molecule has 96 valence electrons. The third-order valence-corrected chi connectivity index (χ3v) is 2.75. The molecule has 0 heterocycles. The Labute approximate surface area is 111 Å². The summed E-state index contributed by atoms with van der Waals surface area (Å²) in [5.41, 5.74) is 2.03. The zero-order valence-corrected chi connectivity index (χ0v) is 10.3. The molecular weight excluding hydrogens is 240 g/mol. The fourth-order valence-electron chi connectivity index (χ4n) is 1.78. The molecule has 19 heavy (non-hydrogen) atoms. The maximum atomic E-state index is 11.3. The van der Waals surface area contributed by atoms with Crippen molar-refractivity contribution in [3.8, 4) is 5.75 Å². The number of hydrogen-bond acceptors (Lipinski definition) is 2. The number of carboxylic acids is 1. The highest BCUT2D eigenvalue weighted by molar-refractivity contribution is 5.92. The lowest BCUT2D eigenvalue weighted by molar-refractivity contribution is -0.132. The Kier molecular flexibility index (Phi) is 3.98. The molecule has 0 radical (unpaired) electrons. The van der Waals surface area contributed by atoms with Gasteiger partial charge in [-0.2, -0.15) is 0 Å². The minimum atomic E-state index is -0.933. The Morgan fingerprint density at radius 1 is 1.00 bits per heavy atom. The summed E-state index contributed by atoms with van der Waals surface area (Å²) in [6, 6.07) is 15.9. The van der Waals surface area contributed by atoms with E-state index in [9.17, 15) is 15.0 Å². The van der Waals surface area contributed by atoms with Crippen LogP contribution >= 0.6 is 0 Å². The number of carboxylic acid groups (broad SMARTS) is 1. The molecule has 0 atom stereocenters. The fourth-order valence-corrected chi connectivity index (χ4v) is 1.78. The molecular formula is C16H14O3. The summed E-state index contributed by atoms with van der Waals surface area (Å²) in [4.78, 5) is 11.3. The molecule has 0 unspecified atom stereocenters. The SMILES string of the molecule is O=C(O)/C(=C/c1ccc(O)cc1)Cc1ccccc1. The van der Waals surface area contributed by atoms with E-state index in [0.717, 1.165) is 11.1 Å². The van der Waals surface area contributed by atoms with Crippen LogP contribution in [0.4, 0.5) is 0 Å². The standard InChI is InChI=1S/C16H14O3/c17-15-8-6-13(7-9-15)11-14(16(18)19)10-12-4-2-1-3-5-12/h1-9,11,17H,10H2,(H,18,19)/b14-11+. The second-order valence-electron chi connectivity index (χ2n) is 4.23. The zero-order chi connectivity index (χ0) is 13.7. The minimum Gasteiger partial charge on any atom is -0.508 e. The summed E-state index contributed by atoms with van der Waals surface area (Å²) in [7, 11) is 0. The van der Waals surface area contributed by atoms with Gasteiger partial charge >= 0.3 is 5.97 Å². The van der Waals surface area contributed by atoms with Crippen LogP contribution in [0.1, 0.15) is 11.1 Å². The molecule has 0 saturated heterocycles. The molecule has 0 aliphatic carbocycles. The summed E-state index contributed by atoms with van der Waals surface area (Å²) in [6.45, 7) is 0. The number of phenolic OH excluding ortho intramolecular Hbond substituents is 1. The first kappa shape index (κ1) is 12.9. The van der Waals surface area contributed by atoms with Crippen molar-refractivity contribution < 1.29 is 15.0 Å². The van der Waals surface area contributed by atoms with Crippen LogP contribution in [0.5, 0.6) is 5.75 Å². The van der Waals surface area contributed by atoms with E-state index in [2.05, 4.69) is 0 Å². The lowest BCUT2D eigenvalue weighted by Crippen LogP contribution is -2.03. The van der Waals surface area contributed by atoms with Gasteiger partial charge in [0.05, 0.1) is 0 Å². The van der Waals surface area contributed by atoms with E-state index in [0.29, 0.717) is 12.0 Å². The molecule has 2 rings (SSSR count). The van der Waals surface area contributed by atoms with Crippen LogP contribution in [0.15, 0.2) is 60.2 Å². The van der Waals surface area contributed by atoms with E-state index < -0.39 is 5.97 Å². The number of hydrogen-bond donors (Lipinski definition) is 2. The molecule has 3 heteroatoms. The van der Waals surface area contributed by atoms with Crippen LogP contribution in [-0.2, 0) is 11.2 Å². The molecule has 3 nitrogen and oxygen atoms in total. The molecule has 0 aromatic heterocycles. The van der Waals surface area contributed by atoms with Crippen molar-refractivity contribution in [2.24, 2.45) is 0 Å². The smallest absolute Gasteiger partial charge is 0.331 e. The predicted molar refractivity (Wildman–Crippen MR) is 73.9 cm³/mol. The number of benzene rings is 2. The van der Waals surface area contributed by atoms with Gasteiger partial charge < -0.3 is 10.2 Å². The van der Waals surface area contributed by atoms with E-state index >= 15 is 0 Å². The normalized spacial score (nSPS) is 11.3. The van der Waals surface area contributed by atoms with Crippen molar-refractivity contribution in [1.82, 2.24) is 0 Å². The quantitative estimate of drug-likeness (QED) is 0.824. The molecule has 2 aromatic rings. The van der Waals surface area contributed by atoms with Gasteiger partial charge in [-0.05, 0) is 29.3 Å². The van der Waals surface area contributed by atoms with Crippen LogP contribution in [0, 0.1) is 0 Å². The zero-order valence-electron chi connectivity index (χ0n) is 10.3. The van der Waals surface area contributed by atoms with Crippen LogP contribution in [0.25, 0.3) is 6.08 Å². The largest absolute Gasteiger partial charge is 0.508 e. The molecule has 0 spiro atoms. The summed E-state index contributed by atoms with van der Waals surface area (Å²) in [6.07, 6.45) is 1.99. The molecule has 0 aliphatic heterocycles. The average molecular weight is 254 g/mol. The molecule has 0 aliphatic rings. The van der Waals surface area contributed by atoms with Gasteiger partial charge in [-0.25, -0.2) is 4.79 Å². The topological polar surface area (TPSA) is 57.5 Å². The van der Waals surface area contributed by atoms with Crippen molar-refractivity contribution in [1.29, 1.82) is 0 Å². The third-order valence-electron chi connectivity index (χ3n) is 2.75. The van der Waals surface area contributed by atoms with Crippen molar-refractivity contribution in [2.45, 2.75) is 6.42 Å². The maximum Gasteiger partial charge on any atom is 0.331 e. The highest BCUT2D eigenvalue weighted by Crippen LogP contribution is 2.15. The van der Waals surface area contributed by atoms with Gasteiger partial charge in [0.1, 0.15) is 5.75 Å². The Hall–Kier alpha value is -2.55. The van der Waals surface area contributed by atoms with Crippen molar-refractivity contribution in [3.05, 3.63) is 71.3 Å². The number of phenols is 1. The molecule has 0 fully saturated rings. The van der Waals surface area contributed by atoms with Crippen molar-refractivity contribution in [2.75, 3.05) is 0 Å². The Morgan fingerprint density at radius 3 is 2.21 bits per heavy atom. The van der Waals surface area contributed by atoms with E-state index in [4.69, 9.17) is 0 Å². The first-order chi connectivity index (χ1) is 9.15. The summed E-state index contributed by atoms with van der Waals surface area (Å²) < 4.78 is 0. The van der Waals surface area contributed by atoms with Gasteiger partial charge in [0, 0.05) is 12.0 Å². The van der Waals surface area contributed by atoms with Crippen LogP contribution in [0.2, 0.25) is 0 Å². The molecule has 2 N–H and O–H groups in total. The van der Waals surface area contributed by atoms with Gasteiger partial charge in [-0.15, -0.1) is 0 Å².